The van der Waals surface area contributed by atoms with Crippen molar-refractivity contribution in [2.24, 2.45) is 5.92 Å². The minimum atomic E-state index is -0.782. The van der Waals surface area contributed by atoms with Crippen molar-refractivity contribution in [3.8, 4) is 11.5 Å². The van der Waals surface area contributed by atoms with Crippen molar-refractivity contribution in [1.29, 1.82) is 0 Å². The summed E-state index contributed by atoms with van der Waals surface area (Å²) in [7, 11) is 0. The number of carboxylic acids is 1. The molecule has 1 unspecified atom stereocenters. The van der Waals surface area contributed by atoms with E-state index in [0.717, 1.165) is 16.9 Å². The first kappa shape index (κ1) is 10.8. The normalized spacial score (nSPS) is 14.9. The third-order valence-corrected chi connectivity index (χ3v) is 2.68. The molecule has 0 aromatic heterocycles. The zero-order valence-corrected chi connectivity index (χ0v) is 9.32. The number of hydrogen-bond donors (Lipinski definition) is 1. The molecule has 86 valence electrons. The predicted octanol–water partition coefficient (Wildman–Crippen LogP) is 1.99. The van der Waals surface area contributed by atoms with Gasteiger partial charge in [0, 0.05) is 0 Å². The molecule has 0 saturated heterocycles. The van der Waals surface area contributed by atoms with Gasteiger partial charge in [-0.1, -0.05) is 13.0 Å². The number of rotatable bonds is 3. The second-order valence-corrected chi connectivity index (χ2v) is 4.09. The Morgan fingerprint density at radius 1 is 1.50 bits per heavy atom. The monoisotopic (exact) mass is 222 g/mol. The van der Waals surface area contributed by atoms with Gasteiger partial charge >= 0.3 is 5.97 Å². The molecule has 0 aliphatic carbocycles. The molecule has 1 N–H and O–H groups in total. The number of aliphatic carboxylic acids is 1. The number of benzene rings is 1. The average molecular weight is 222 g/mol. The minimum Gasteiger partial charge on any atom is -0.481 e. The number of ether oxygens (including phenoxy) is 2. The van der Waals surface area contributed by atoms with E-state index in [-0.39, 0.29) is 12.7 Å². The van der Waals surface area contributed by atoms with Crippen molar-refractivity contribution in [1.82, 2.24) is 0 Å². The summed E-state index contributed by atoms with van der Waals surface area (Å²) >= 11 is 0. The van der Waals surface area contributed by atoms with E-state index in [2.05, 4.69) is 0 Å². The zero-order chi connectivity index (χ0) is 11.7. The maximum absolute atomic E-state index is 10.8. The summed E-state index contributed by atoms with van der Waals surface area (Å²) in [6, 6.07) is 3.81. The molecule has 1 aliphatic rings. The van der Waals surface area contributed by atoms with Crippen LogP contribution in [0.5, 0.6) is 11.5 Å². The first-order chi connectivity index (χ1) is 7.58. The number of hydrogen-bond acceptors (Lipinski definition) is 3. The summed E-state index contributed by atoms with van der Waals surface area (Å²) in [6.07, 6.45) is 0.507. The van der Waals surface area contributed by atoms with Gasteiger partial charge < -0.3 is 14.6 Å². The summed E-state index contributed by atoms with van der Waals surface area (Å²) in [5.74, 6) is 0.314. The molecule has 1 aromatic carbocycles. The van der Waals surface area contributed by atoms with Gasteiger partial charge in [0.15, 0.2) is 11.5 Å². The third-order valence-electron chi connectivity index (χ3n) is 2.68. The number of carboxylic acid groups (broad SMARTS) is 1. The number of fused-ring (bicyclic) bond motifs is 1. The summed E-state index contributed by atoms with van der Waals surface area (Å²) in [4.78, 5) is 10.8. The van der Waals surface area contributed by atoms with Gasteiger partial charge in [0.2, 0.25) is 6.79 Å². The van der Waals surface area contributed by atoms with E-state index in [9.17, 15) is 4.79 Å². The molecule has 4 heteroatoms. The van der Waals surface area contributed by atoms with Crippen LogP contribution >= 0.6 is 0 Å². The zero-order valence-electron chi connectivity index (χ0n) is 9.32. The van der Waals surface area contributed by atoms with Crippen LogP contribution < -0.4 is 9.47 Å². The van der Waals surface area contributed by atoms with E-state index in [1.165, 1.54) is 0 Å². The van der Waals surface area contributed by atoms with Crippen molar-refractivity contribution in [2.45, 2.75) is 20.3 Å². The van der Waals surface area contributed by atoms with E-state index >= 15 is 0 Å². The van der Waals surface area contributed by atoms with Gasteiger partial charge in [0.05, 0.1) is 5.92 Å². The number of carbonyl (C=O) groups is 1. The fourth-order valence-corrected chi connectivity index (χ4v) is 1.82. The average Bonchev–Trinajstić information content (AvgIpc) is 2.65. The smallest absolute Gasteiger partial charge is 0.306 e. The Balaban J connectivity index is 2.23. The second-order valence-electron chi connectivity index (χ2n) is 4.09. The molecule has 0 bridgehead atoms. The van der Waals surface area contributed by atoms with Gasteiger partial charge in [0.1, 0.15) is 0 Å². The Bertz CT molecular complexity index is 425. The quantitative estimate of drug-likeness (QED) is 0.849. The van der Waals surface area contributed by atoms with Gasteiger partial charge in [-0.2, -0.15) is 0 Å². The van der Waals surface area contributed by atoms with Crippen molar-refractivity contribution in [2.75, 3.05) is 6.79 Å². The van der Waals surface area contributed by atoms with Crippen LogP contribution in [0, 0.1) is 12.8 Å². The molecular weight excluding hydrogens is 208 g/mol. The molecule has 1 heterocycles. The molecule has 1 atom stereocenters. The first-order valence-electron chi connectivity index (χ1n) is 5.20. The van der Waals surface area contributed by atoms with Crippen LogP contribution in [0.4, 0.5) is 0 Å². The van der Waals surface area contributed by atoms with E-state index in [1.54, 1.807) is 6.92 Å². The second kappa shape index (κ2) is 4.04. The lowest BCUT2D eigenvalue weighted by molar-refractivity contribution is -0.141. The summed E-state index contributed by atoms with van der Waals surface area (Å²) in [5.41, 5.74) is 1.96. The maximum atomic E-state index is 10.8. The molecule has 0 saturated carbocycles. The Morgan fingerprint density at radius 2 is 2.25 bits per heavy atom. The van der Waals surface area contributed by atoms with Gasteiger partial charge in [0.25, 0.3) is 0 Å². The lowest BCUT2D eigenvalue weighted by atomic mass is 9.99. The van der Waals surface area contributed by atoms with Crippen molar-refractivity contribution < 1.29 is 19.4 Å². The standard InChI is InChI=1S/C12H14O4/c1-7-3-9(4-8(2)12(13)14)5-10-11(7)16-6-15-10/h3,5,8H,4,6H2,1-2H3,(H,13,14). The highest BCUT2D eigenvalue weighted by Crippen LogP contribution is 2.36. The van der Waals surface area contributed by atoms with Gasteiger partial charge in [-0.15, -0.1) is 0 Å². The molecule has 2 rings (SSSR count). The highest BCUT2D eigenvalue weighted by atomic mass is 16.7. The van der Waals surface area contributed by atoms with Gasteiger partial charge in [-0.3, -0.25) is 4.79 Å². The topological polar surface area (TPSA) is 55.8 Å². The van der Waals surface area contributed by atoms with E-state index < -0.39 is 5.97 Å². The van der Waals surface area contributed by atoms with Crippen LogP contribution in [0.25, 0.3) is 0 Å². The Labute approximate surface area is 93.8 Å². The van der Waals surface area contributed by atoms with Crippen molar-refractivity contribution >= 4 is 5.97 Å². The Kier molecular flexibility index (Phi) is 2.73. The van der Waals surface area contributed by atoms with E-state index in [0.29, 0.717) is 12.2 Å². The van der Waals surface area contributed by atoms with Gasteiger partial charge in [-0.05, 0) is 30.5 Å². The molecule has 1 aliphatic heterocycles. The van der Waals surface area contributed by atoms with Crippen LogP contribution in [-0.4, -0.2) is 17.9 Å². The molecular formula is C12H14O4. The van der Waals surface area contributed by atoms with Crippen LogP contribution in [0.15, 0.2) is 12.1 Å². The van der Waals surface area contributed by atoms with Crippen LogP contribution in [-0.2, 0) is 11.2 Å². The van der Waals surface area contributed by atoms with E-state index in [1.807, 2.05) is 19.1 Å². The summed E-state index contributed by atoms with van der Waals surface area (Å²) < 4.78 is 10.6. The molecule has 1 aromatic rings. The molecule has 4 nitrogen and oxygen atoms in total. The van der Waals surface area contributed by atoms with Crippen molar-refractivity contribution in [3.63, 3.8) is 0 Å². The molecule has 0 fully saturated rings. The fraction of sp³-hybridized carbons (Fsp3) is 0.417. The Morgan fingerprint density at radius 3 is 2.94 bits per heavy atom. The van der Waals surface area contributed by atoms with Crippen LogP contribution in [0.2, 0.25) is 0 Å². The highest BCUT2D eigenvalue weighted by molar-refractivity contribution is 5.70. The van der Waals surface area contributed by atoms with Crippen LogP contribution in [0.1, 0.15) is 18.1 Å². The fourth-order valence-electron chi connectivity index (χ4n) is 1.82. The maximum Gasteiger partial charge on any atom is 0.306 e. The number of aryl methyl sites for hydroxylation is 1. The minimum absolute atomic E-state index is 0.244. The van der Waals surface area contributed by atoms with Crippen molar-refractivity contribution in [3.05, 3.63) is 23.3 Å². The Hall–Kier alpha value is -1.71. The molecule has 0 spiro atoms. The lowest BCUT2D eigenvalue weighted by Crippen LogP contribution is -2.12. The summed E-state index contributed by atoms with van der Waals surface area (Å²) in [6.45, 7) is 3.87. The largest absolute Gasteiger partial charge is 0.481 e. The van der Waals surface area contributed by atoms with E-state index in [4.69, 9.17) is 14.6 Å². The lowest BCUT2D eigenvalue weighted by Gasteiger charge is -2.08. The third kappa shape index (κ3) is 1.96. The SMILES string of the molecule is Cc1cc(CC(C)C(=O)O)cc2c1OCO2. The van der Waals surface area contributed by atoms with Gasteiger partial charge in [-0.25, -0.2) is 0 Å². The highest BCUT2D eigenvalue weighted by Gasteiger charge is 2.19. The van der Waals surface area contributed by atoms with Crippen LogP contribution in [0.3, 0.4) is 0 Å². The molecule has 16 heavy (non-hydrogen) atoms. The predicted molar refractivity (Wildman–Crippen MR) is 57.8 cm³/mol. The molecule has 0 amide bonds. The summed E-state index contributed by atoms with van der Waals surface area (Å²) in [5, 5.41) is 8.85. The molecule has 0 radical (unpaired) electrons. The first-order valence-corrected chi connectivity index (χ1v) is 5.20.